The van der Waals surface area contributed by atoms with E-state index in [1.54, 1.807) is 18.2 Å². The van der Waals surface area contributed by atoms with Crippen molar-refractivity contribution in [3.63, 3.8) is 0 Å². The molecule has 188 valence electrons. The minimum Gasteiger partial charge on any atom is -0.455 e. The van der Waals surface area contributed by atoms with E-state index in [-0.39, 0.29) is 16.5 Å². The summed E-state index contributed by atoms with van der Waals surface area (Å²) in [5.74, 6) is 0. The van der Waals surface area contributed by atoms with E-state index >= 15 is 0 Å². The van der Waals surface area contributed by atoms with Crippen molar-refractivity contribution >= 4 is 21.9 Å². The number of benzene rings is 4. The van der Waals surface area contributed by atoms with Gasteiger partial charge in [-0.05, 0) is 88.7 Å². The summed E-state index contributed by atoms with van der Waals surface area (Å²) in [7, 11) is 0. The number of aryl methyl sites for hydroxylation is 2. The number of furan rings is 1. The van der Waals surface area contributed by atoms with Crippen molar-refractivity contribution in [3.8, 4) is 33.5 Å². The zero-order chi connectivity index (χ0) is 31.4. The maximum absolute atomic E-state index is 8.35. The molecule has 0 spiro atoms. The van der Waals surface area contributed by atoms with E-state index in [0.29, 0.717) is 34.4 Å². The van der Waals surface area contributed by atoms with Crippen LogP contribution in [-0.4, -0.2) is 4.98 Å². The highest BCUT2D eigenvalue weighted by molar-refractivity contribution is 6.10. The van der Waals surface area contributed by atoms with Crippen LogP contribution in [0.1, 0.15) is 45.7 Å². The monoisotopic (exact) mass is 501 g/mol. The highest BCUT2D eigenvalue weighted by atomic mass is 16.3. The number of para-hydroxylation sites is 1. The molecule has 0 aliphatic carbocycles. The van der Waals surface area contributed by atoms with E-state index < -0.39 is 13.7 Å². The predicted octanol–water partition coefficient (Wildman–Crippen LogP) is 10.2. The molecule has 2 aromatic heterocycles. The van der Waals surface area contributed by atoms with Gasteiger partial charge in [0.15, 0.2) is 0 Å². The Morgan fingerprint density at radius 1 is 0.711 bits per heavy atom. The zero-order valence-corrected chi connectivity index (χ0v) is 21.8. The van der Waals surface area contributed by atoms with Gasteiger partial charge in [-0.1, -0.05) is 87.5 Å². The molecular weight excluding hydrogens is 462 g/mol. The van der Waals surface area contributed by atoms with E-state index in [9.17, 15) is 0 Å². The van der Waals surface area contributed by atoms with Crippen molar-refractivity contribution < 1.29 is 12.6 Å². The lowest BCUT2D eigenvalue weighted by atomic mass is 9.86. The van der Waals surface area contributed by atoms with Crippen LogP contribution in [0.3, 0.4) is 0 Å². The Labute approximate surface area is 233 Å². The summed E-state index contributed by atoms with van der Waals surface area (Å²) in [5.41, 5.74) is 6.31. The van der Waals surface area contributed by atoms with Crippen LogP contribution in [0, 0.1) is 19.1 Å². The van der Waals surface area contributed by atoms with Gasteiger partial charge in [0, 0.05) is 30.8 Å². The maximum Gasteiger partial charge on any atom is 0.144 e. The first-order valence-electron chi connectivity index (χ1n) is 15.8. The number of hydrogen-bond donors (Lipinski definition) is 0. The second-order valence-electron chi connectivity index (χ2n) is 11.1. The fourth-order valence-corrected chi connectivity index (χ4v) is 5.18. The van der Waals surface area contributed by atoms with Gasteiger partial charge in [-0.3, -0.25) is 4.98 Å². The average molecular weight is 502 g/mol. The molecule has 2 heteroatoms. The van der Waals surface area contributed by atoms with Crippen molar-refractivity contribution in [1.82, 2.24) is 4.98 Å². The van der Waals surface area contributed by atoms with Gasteiger partial charge in [-0.15, -0.1) is 0 Å². The van der Waals surface area contributed by atoms with Crippen LogP contribution < -0.4 is 0 Å². The Morgan fingerprint density at radius 2 is 1.55 bits per heavy atom. The quantitative estimate of drug-likeness (QED) is 0.240. The van der Waals surface area contributed by atoms with Crippen LogP contribution in [-0.2, 0) is 6.42 Å². The molecule has 2 heterocycles. The predicted molar refractivity (Wildman–Crippen MR) is 160 cm³/mol. The number of fused-ring (bicyclic) bond motifs is 3. The second kappa shape index (κ2) is 9.29. The smallest absolute Gasteiger partial charge is 0.144 e. The Kier molecular flexibility index (Phi) is 4.44. The highest BCUT2D eigenvalue weighted by Gasteiger charge is 2.17. The molecule has 0 saturated heterocycles. The minimum absolute atomic E-state index is 0.000365. The summed E-state index contributed by atoms with van der Waals surface area (Å²) in [6.45, 7) is 1.33. The molecule has 0 bridgehead atoms. The van der Waals surface area contributed by atoms with E-state index in [0.717, 1.165) is 33.0 Å². The van der Waals surface area contributed by atoms with Gasteiger partial charge in [-0.25, -0.2) is 0 Å². The molecule has 0 fully saturated rings. The summed E-state index contributed by atoms with van der Waals surface area (Å²) in [5, 5.41) is 1.87. The van der Waals surface area contributed by atoms with Gasteiger partial charge >= 0.3 is 0 Å². The molecule has 0 radical (unpaired) electrons. The number of hydrogen-bond acceptors (Lipinski definition) is 2. The summed E-state index contributed by atoms with van der Waals surface area (Å²) in [6, 6.07) is 29.0. The normalized spacial score (nSPS) is 14.9. The van der Waals surface area contributed by atoms with E-state index in [2.05, 4.69) is 44.0 Å². The van der Waals surface area contributed by atoms with Crippen LogP contribution in [0.15, 0.2) is 102 Å². The molecule has 0 aliphatic rings. The first-order valence-corrected chi connectivity index (χ1v) is 12.8. The highest BCUT2D eigenvalue weighted by Crippen LogP contribution is 2.38. The van der Waals surface area contributed by atoms with Gasteiger partial charge in [0.2, 0.25) is 0 Å². The fourth-order valence-electron chi connectivity index (χ4n) is 5.18. The number of rotatable bonds is 4. The molecule has 0 aliphatic heterocycles. The zero-order valence-electron chi connectivity index (χ0n) is 27.8. The largest absolute Gasteiger partial charge is 0.455 e. The third kappa shape index (κ3) is 4.52. The molecule has 0 saturated carbocycles. The van der Waals surface area contributed by atoms with Crippen molar-refractivity contribution in [3.05, 3.63) is 114 Å². The van der Waals surface area contributed by atoms with E-state index in [1.807, 2.05) is 54.6 Å². The molecule has 6 aromatic rings. The minimum atomic E-state index is -2.50. The molecule has 2 nitrogen and oxygen atoms in total. The van der Waals surface area contributed by atoms with Gasteiger partial charge in [-0.2, -0.15) is 0 Å². The summed E-state index contributed by atoms with van der Waals surface area (Å²) in [6.07, 6.45) is 2.03. The molecule has 6 rings (SSSR count). The SMILES string of the molecule is [2H]C([2H])([2H])c1cnc(-c2cccc3c2oc2cc(-c4ccccc4)ccc23)cc1-c1ccc(CC(C)(C)C)cc1C([2H])([2H])[2H]. The van der Waals surface area contributed by atoms with Crippen LogP contribution in [0.25, 0.3) is 55.4 Å². The Hall–Kier alpha value is -4.17. The standard InChI is InChI=1S/C36H33NO/c1-23-18-25(21-36(3,4)5)14-16-28(23)32-20-33(37-22-24(32)2)31-13-9-12-30-29-17-15-27(19-34(29)38-35(30)31)26-10-7-6-8-11-26/h6-20,22H,21H2,1-5H3/i1D3,2D3. The number of pyridine rings is 1. The number of nitrogens with zero attached hydrogens (tertiary/aromatic N) is 1. The Bertz CT molecular complexity index is 2000. The Morgan fingerprint density at radius 3 is 2.34 bits per heavy atom. The summed E-state index contributed by atoms with van der Waals surface area (Å²) < 4.78 is 56.2. The van der Waals surface area contributed by atoms with Gasteiger partial charge in [0.1, 0.15) is 11.2 Å². The molecule has 0 atom stereocenters. The first-order chi connectivity index (χ1) is 20.7. The van der Waals surface area contributed by atoms with Gasteiger partial charge in [0.25, 0.3) is 0 Å². The fraction of sp³-hybridized carbons (Fsp3) is 0.194. The molecule has 0 unspecified atom stereocenters. The molecule has 4 aromatic carbocycles. The second-order valence-corrected chi connectivity index (χ2v) is 11.1. The first kappa shape index (κ1) is 18.1. The van der Waals surface area contributed by atoms with Crippen LogP contribution in [0.5, 0.6) is 0 Å². The van der Waals surface area contributed by atoms with Crippen LogP contribution in [0.4, 0.5) is 0 Å². The summed E-state index contributed by atoms with van der Waals surface area (Å²) in [4.78, 5) is 4.58. The topological polar surface area (TPSA) is 26.0 Å². The van der Waals surface area contributed by atoms with Crippen molar-refractivity contribution in [2.45, 2.75) is 40.9 Å². The van der Waals surface area contributed by atoms with Crippen molar-refractivity contribution in [1.29, 1.82) is 0 Å². The lowest BCUT2D eigenvalue weighted by Gasteiger charge is -2.19. The Balaban J connectivity index is 1.54. The van der Waals surface area contributed by atoms with Gasteiger partial charge < -0.3 is 4.42 Å². The molecular formula is C36H33NO. The van der Waals surface area contributed by atoms with Gasteiger partial charge in [0.05, 0.1) is 5.69 Å². The summed E-state index contributed by atoms with van der Waals surface area (Å²) >= 11 is 0. The van der Waals surface area contributed by atoms with Crippen molar-refractivity contribution in [2.24, 2.45) is 5.41 Å². The van der Waals surface area contributed by atoms with E-state index in [4.69, 9.17) is 12.6 Å². The number of aromatic nitrogens is 1. The van der Waals surface area contributed by atoms with Crippen LogP contribution in [0.2, 0.25) is 0 Å². The maximum atomic E-state index is 8.35. The molecule has 0 N–H and O–H groups in total. The molecule has 38 heavy (non-hydrogen) atoms. The van der Waals surface area contributed by atoms with Crippen LogP contribution >= 0.6 is 0 Å². The average Bonchev–Trinajstić information content (AvgIpc) is 3.34. The third-order valence-corrected chi connectivity index (χ3v) is 6.89. The lowest BCUT2D eigenvalue weighted by molar-refractivity contribution is 0.411. The van der Waals surface area contributed by atoms with Crippen molar-refractivity contribution in [2.75, 3.05) is 0 Å². The lowest BCUT2D eigenvalue weighted by Crippen LogP contribution is -2.09. The third-order valence-electron chi connectivity index (χ3n) is 6.89. The van der Waals surface area contributed by atoms with E-state index in [1.165, 1.54) is 6.20 Å². The molecule has 0 amide bonds.